The van der Waals surface area contributed by atoms with Crippen LogP contribution in [0.2, 0.25) is 0 Å². The molecule has 0 radical (unpaired) electrons. The molecule has 0 aliphatic rings. The van der Waals surface area contributed by atoms with Gasteiger partial charge in [-0.15, -0.1) is 0 Å². The number of halogens is 1. The average Bonchev–Trinajstić information content (AvgIpc) is 2.89. The lowest BCUT2D eigenvalue weighted by Crippen LogP contribution is -2.21. The number of nitrogens with zero attached hydrogens (tertiary/aromatic N) is 2. The number of esters is 1. The van der Waals surface area contributed by atoms with Gasteiger partial charge in [0.05, 0.1) is 6.61 Å². The summed E-state index contributed by atoms with van der Waals surface area (Å²) in [4.78, 5) is 16.2. The highest BCUT2D eigenvalue weighted by molar-refractivity contribution is 5.77. The van der Waals surface area contributed by atoms with Gasteiger partial charge in [0.15, 0.2) is 0 Å². The van der Waals surface area contributed by atoms with Crippen molar-refractivity contribution >= 4 is 5.97 Å². The summed E-state index contributed by atoms with van der Waals surface area (Å²) in [6, 6.07) is 5.74. The van der Waals surface area contributed by atoms with E-state index in [4.69, 9.17) is 9.26 Å². The summed E-state index contributed by atoms with van der Waals surface area (Å²) in [5, 5.41) is 3.85. The molecule has 5 nitrogen and oxygen atoms in total. The molecule has 0 aliphatic carbocycles. The van der Waals surface area contributed by atoms with Crippen LogP contribution >= 0.6 is 0 Å². The van der Waals surface area contributed by atoms with Gasteiger partial charge < -0.3 is 9.26 Å². The number of ether oxygens (including phenoxy) is 1. The van der Waals surface area contributed by atoms with Gasteiger partial charge >= 0.3 is 5.97 Å². The Hall–Kier alpha value is -2.24. The van der Waals surface area contributed by atoms with E-state index in [0.717, 1.165) is 0 Å². The lowest BCUT2D eigenvalue weighted by Gasteiger charge is -2.14. The van der Waals surface area contributed by atoms with Crippen LogP contribution in [0.4, 0.5) is 4.39 Å². The van der Waals surface area contributed by atoms with Crippen molar-refractivity contribution in [3.05, 3.63) is 36.0 Å². The van der Waals surface area contributed by atoms with Crippen molar-refractivity contribution in [1.82, 2.24) is 10.1 Å². The lowest BCUT2D eigenvalue weighted by molar-refractivity contribution is -0.146. The summed E-state index contributed by atoms with van der Waals surface area (Å²) in [6.07, 6.45) is 0. The standard InChI is InChI=1S/C15H17FN2O3/c1-4-20-15(19)12(9(2)3)14-17-13(18-21-14)10-5-7-11(16)8-6-10/h5-9,12H,4H2,1-3H3. The van der Waals surface area contributed by atoms with Crippen molar-refractivity contribution in [3.8, 4) is 11.4 Å². The smallest absolute Gasteiger partial charge is 0.318 e. The van der Waals surface area contributed by atoms with Gasteiger partial charge in [0.25, 0.3) is 0 Å². The van der Waals surface area contributed by atoms with Gasteiger partial charge in [-0.1, -0.05) is 19.0 Å². The van der Waals surface area contributed by atoms with E-state index in [1.54, 1.807) is 19.1 Å². The van der Waals surface area contributed by atoms with Gasteiger partial charge in [-0.25, -0.2) is 4.39 Å². The zero-order chi connectivity index (χ0) is 15.4. The summed E-state index contributed by atoms with van der Waals surface area (Å²) in [5.74, 6) is -0.837. The van der Waals surface area contributed by atoms with E-state index in [1.807, 2.05) is 13.8 Å². The third-order valence-electron chi connectivity index (χ3n) is 3.02. The second-order valence-corrected chi connectivity index (χ2v) is 4.94. The number of rotatable bonds is 5. The summed E-state index contributed by atoms with van der Waals surface area (Å²) in [7, 11) is 0. The molecule has 0 saturated carbocycles. The maximum absolute atomic E-state index is 12.9. The van der Waals surface area contributed by atoms with Crippen LogP contribution in [-0.4, -0.2) is 22.7 Å². The quantitative estimate of drug-likeness (QED) is 0.792. The number of hydrogen-bond donors (Lipinski definition) is 0. The van der Waals surface area contributed by atoms with Crippen LogP contribution in [0.25, 0.3) is 11.4 Å². The molecule has 0 N–H and O–H groups in total. The Morgan fingerprint density at radius 3 is 2.57 bits per heavy atom. The molecule has 112 valence electrons. The van der Waals surface area contributed by atoms with Gasteiger partial charge in [0, 0.05) is 5.56 Å². The monoisotopic (exact) mass is 292 g/mol. The second kappa shape index (κ2) is 6.47. The fourth-order valence-electron chi connectivity index (χ4n) is 1.97. The van der Waals surface area contributed by atoms with E-state index in [-0.39, 0.29) is 23.6 Å². The van der Waals surface area contributed by atoms with Crippen LogP contribution in [0.1, 0.15) is 32.6 Å². The first-order valence-electron chi connectivity index (χ1n) is 6.79. The summed E-state index contributed by atoms with van der Waals surface area (Å²) >= 11 is 0. The fraction of sp³-hybridized carbons (Fsp3) is 0.400. The van der Waals surface area contributed by atoms with Crippen LogP contribution in [0.15, 0.2) is 28.8 Å². The van der Waals surface area contributed by atoms with Gasteiger partial charge in [-0.3, -0.25) is 4.79 Å². The number of carbonyl (C=O) groups excluding carboxylic acids is 1. The van der Waals surface area contributed by atoms with E-state index in [1.165, 1.54) is 12.1 Å². The Labute approximate surface area is 122 Å². The zero-order valence-corrected chi connectivity index (χ0v) is 12.2. The van der Waals surface area contributed by atoms with Crippen molar-refractivity contribution in [2.45, 2.75) is 26.7 Å². The lowest BCUT2D eigenvalue weighted by atomic mass is 9.96. The first kappa shape index (κ1) is 15.2. The molecule has 21 heavy (non-hydrogen) atoms. The molecule has 6 heteroatoms. The van der Waals surface area contributed by atoms with Crippen LogP contribution < -0.4 is 0 Å². The van der Waals surface area contributed by atoms with Gasteiger partial charge in [-0.2, -0.15) is 4.98 Å². The van der Waals surface area contributed by atoms with Crippen molar-refractivity contribution in [2.75, 3.05) is 6.61 Å². The first-order chi connectivity index (χ1) is 10.0. The number of hydrogen-bond acceptors (Lipinski definition) is 5. The molecule has 1 aromatic heterocycles. The molecule has 1 unspecified atom stereocenters. The zero-order valence-electron chi connectivity index (χ0n) is 12.2. The predicted octanol–water partition coefficient (Wildman–Crippen LogP) is 3.18. The highest BCUT2D eigenvalue weighted by Crippen LogP contribution is 2.26. The number of carbonyl (C=O) groups is 1. The first-order valence-corrected chi connectivity index (χ1v) is 6.79. The van der Waals surface area contributed by atoms with Crippen LogP contribution in [0, 0.1) is 11.7 Å². The minimum atomic E-state index is -0.605. The molecule has 0 aliphatic heterocycles. The molecule has 1 aromatic carbocycles. The minimum Gasteiger partial charge on any atom is -0.465 e. The van der Waals surface area contributed by atoms with Crippen LogP contribution in [0.5, 0.6) is 0 Å². The van der Waals surface area contributed by atoms with Gasteiger partial charge in [0.2, 0.25) is 11.7 Å². The molecule has 0 fully saturated rings. The van der Waals surface area contributed by atoms with Gasteiger partial charge in [0.1, 0.15) is 11.7 Å². The Morgan fingerprint density at radius 1 is 1.33 bits per heavy atom. The van der Waals surface area contributed by atoms with E-state index < -0.39 is 5.92 Å². The highest BCUT2D eigenvalue weighted by Gasteiger charge is 2.31. The van der Waals surface area contributed by atoms with Crippen molar-refractivity contribution in [2.24, 2.45) is 5.92 Å². The topological polar surface area (TPSA) is 65.2 Å². The Morgan fingerprint density at radius 2 is 2.00 bits per heavy atom. The molecule has 0 spiro atoms. The average molecular weight is 292 g/mol. The number of benzene rings is 1. The van der Waals surface area contributed by atoms with Crippen molar-refractivity contribution in [1.29, 1.82) is 0 Å². The van der Waals surface area contributed by atoms with Crippen LogP contribution in [-0.2, 0) is 9.53 Å². The molecule has 2 rings (SSSR count). The number of aromatic nitrogens is 2. The molecular weight excluding hydrogens is 275 g/mol. The van der Waals surface area contributed by atoms with E-state index in [0.29, 0.717) is 18.0 Å². The normalized spacial score (nSPS) is 12.4. The van der Waals surface area contributed by atoms with E-state index >= 15 is 0 Å². The molecule has 0 bridgehead atoms. The maximum atomic E-state index is 12.9. The van der Waals surface area contributed by atoms with Gasteiger partial charge in [-0.05, 0) is 37.1 Å². The summed E-state index contributed by atoms with van der Waals surface area (Å²) < 4.78 is 23.1. The maximum Gasteiger partial charge on any atom is 0.318 e. The molecule has 0 amide bonds. The van der Waals surface area contributed by atoms with Crippen molar-refractivity contribution in [3.63, 3.8) is 0 Å². The largest absolute Gasteiger partial charge is 0.465 e. The van der Waals surface area contributed by atoms with E-state index in [9.17, 15) is 9.18 Å². The Bertz CT molecular complexity index is 608. The molecule has 0 saturated heterocycles. The summed E-state index contributed by atoms with van der Waals surface area (Å²) in [6.45, 7) is 5.79. The van der Waals surface area contributed by atoms with Crippen LogP contribution in [0.3, 0.4) is 0 Å². The van der Waals surface area contributed by atoms with Crippen molar-refractivity contribution < 1.29 is 18.4 Å². The Kier molecular flexibility index (Phi) is 4.67. The predicted molar refractivity (Wildman–Crippen MR) is 73.9 cm³/mol. The fourth-order valence-corrected chi connectivity index (χ4v) is 1.97. The SMILES string of the molecule is CCOC(=O)C(c1nc(-c2ccc(F)cc2)no1)C(C)C. The second-order valence-electron chi connectivity index (χ2n) is 4.94. The minimum absolute atomic E-state index is 0.0365. The summed E-state index contributed by atoms with van der Waals surface area (Å²) in [5.41, 5.74) is 0.623. The third kappa shape index (κ3) is 3.45. The van der Waals surface area contributed by atoms with E-state index in [2.05, 4.69) is 10.1 Å². The Balaban J connectivity index is 2.28. The molecule has 1 atom stereocenters. The molecule has 2 aromatic rings. The molecular formula is C15H17FN2O3. The third-order valence-corrected chi connectivity index (χ3v) is 3.02. The highest BCUT2D eigenvalue weighted by atomic mass is 19.1. The molecule has 1 heterocycles.